The number of hydrogen-bond donors (Lipinski definition) is 2. The van der Waals surface area contributed by atoms with E-state index in [1.807, 2.05) is 13.8 Å². The summed E-state index contributed by atoms with van der Waals surface area (Å²) >= 11 is 0. The molecule has 7 heteroatoms. The number of hydrogen-bond acceptors (Lipinski definition) is 4. The lowest BCUT2D eigenvalue weighted by atomic mass is 10.3. The van der Waals surface area contributed by atoms with Crippen LogP contribution >= 0.6 is 0 Å². The van der Waals surface area contributed by atoms with Gasteiger partial charge in [0.05, 0.1) is 11.5 Å². The molecule has 2 N–H and O–H groups in total. The van der Waals surface area contributed by atoms with Gasteiger partial charge in [-0.25, -0.2) is 13.1 Å². The van der Waals surface area contributed by atoms with E-state index in [1.165, 1.54) is 6.07 Å². The number of aliphatic hydroxyl groups is 1. The molecule has 1 heterocycles. The molecular weight excluding hydrogens is 280 g/mol. The van der Waals surface area contributed by atoms with Gasteiger partial charge in [-0.15, -0.1) is 0 Å². The Kier molecular flexibility index (Phi) is 6.19. The van der Waals surface area contributed by atoms with Crippen LogP contribution in [0.15, 0.2) is 17.2 Å². The molecule has 0 aromatic carbocycles. The zero-order chi connectivity index (χ0) is 15.3. The van der Waals surface area contributed by atoms with Crippen LogP contribution in [0.1, 0.15) is 38.9 Å². The molecule has 6 nitrogen and oxygen atoms in total. The molecule has 1 aromatic rings. The van der Waals surface area contributed by atoms with Gasteiger partial charge in [-0.1, -0.05) is 0 Å². The van der Waals surface area contributed by atoms with Gasteiger partial charge < -0.3 is 14.4 Å². The van der Waals surface area contributed by atoms with Crippen molar-refractivity contribution in [1.82, 2.24) is 9.29 Å². The van der Waals surface area contributed by atoms with Crippen molar-refractivity contribution in [2.24, 2.45) is 0 Å². The molecule has 0 aliphatic heterocycles. The van der Waals surface area contributed by atoms with Crippen molar-refractivity contribution in [2.45, 2.75) is 50.8 Å². The number of nitrogens with one attached hydrogen (secondary N) is 1. The molecule has 0 fully saturated rings. The molecule has 1 atom stereocenters. The SMILES string of the molecule is COCCC(C)NS(=O)(=O)c1cc(CO)n(C(C)C)c1. The predicted octanol–water partition coefficient (Wildman–Crippen LogP) is 1.26. The van der Waals surface area contributed by atoms with Crippen molar-refractivity contribution in [2.75, 3.05) is 13.7 Å². The maximum Gasteiger partial charge on any atom is 0.242 e. The summed E-state index contributed by atoms with van der Waals surface area (Å²) in [7, 11) is -1.99. The van der Waals surface area contributed by atoms with E-state index in [0.717, 1.165) is 0 Å². The minimum atomic E-state index is -3.57. The number of rotatable bonds is 8. The summed E-state index contributed by atoms with van der Waals surface area (Å²) in [5, 5.41) is 9.29. The van der Waals surface area contributed by atoms with Crippen LogP contribution in [-0.4, -0.2) is 37.8 Å². The summed E-state index contributed by atoms with van der Waals surface area (Å²) in [6, 6.07) is 1.39. The molecule has 0 aliphatic carbocycles. The Morgan fingerprint density at radius 3 is 2.50 bits per heavy atom. The van der Waals surface area contributed by atoms with Gasteiger partial charge >= 0.3 is 0 Å². The summed E-state index contributed by atoms with van der Waals surface area (Å²) in [6.07, 6.45) is 2.16. The van der Waals surface area contributed by atoms with Crippen LogP contribution in [0.3, 0.4) is 0 Å². The highest BCUT2D eigenvalue weighted by molar-refractivity contribution is 7.89. The van der Waals surface area contributed by atoms with Gasteiger partial charge in [-0.05, 0) is 33.3 Å². The van der Waals surface area contributed by atoms with E-state index in [0.29, 0.717) is 18.7 Å². The van der Waals surface area contributed by atoms with Crippen molar-refractivity contribution >= 4 is 10.0 Å². The van der Waals surface area contributed by atoms with E-state index < -0.39 is 10.0 Å². The highest BCUT2D eigenvalue weighted by Crippen LogP contribution is 2.19. The van der Waals surface area contributed by atoms with Crippen LogP contribution in [0.2, 0.25) is 0 Å². The number of sulfonamides is 1. The average molecular weight is 304 g/mol. The fourth-order valence-corrected chi connectivity index (χ4v) is 3.26. The number of methoxy groups -OCH3 is 1. The monoisotopic (exact) mass is 304 g/mol. The number of nitrogens with zero attached hydrogens (tertiary/aromatic N) is 1. The van der Waals surface area contributed by atoms with Crippen molar-refractivity contribution in [3.63, 3.8) is 0 Å². The van der Waals surface area contributed by atoms with Crippen LogP contribution < -0.4 is 4.72 Å². The molecule has 0 amide bonds. The molecule has 20 heavy (non-hydrogen) atoms. The topological polar surface area (TPSA) is 80.6 Å². The van der Waals surface area contributed by atoms with Gasteiger partial charge in [0.15, 0.2) is 0 Å². The molecular formula is C13H24N2O4S. The van der Waals surface area contributed by atoms with E-state index in [2.05, 4.69) is 4.72 Å². The van der Waals surface area contributed by atoms with Gasteiger partial charge in [0, 0.05) is 37.7 Å². The van der Waals surface area contributed by atoms with E-state index in [9.17, 15) is 13.5 Å². The molecule has 0 saturated heterocycles. The van der Waals surface area contributed by atoms with E-state index in [-0.39, 0.29) is 23.6 Å². The van der Waals surface area contributed by atoms with Gasteiger partial charge in [-0.2, -0.15) is 0 Å². The molecule has 0 saturated carbocycles. The van der Waals surface area contributed by atoms with Crippen LogP contribution in [0.5, 0.6) is 0 Å². The fourth-order valence-electron chi connectivity index (χ4n) is 1.94. The minimum Gasteiger partial charge on any atom is -0.390 e. The predicted molar refractivity (Wildman–Crippen MR) is 77.0 cm³/mol. The first-order chi connectivity index (χ1) is 9.31. The van der Waals surface area contributed by atoms with Crippen molar-refractivity contribution in [3.05, 3.63) is 18.0 Å². The lowest BCUT2D eigenvalue weighted by Gasteiger charge is -2.13. The van der Waals surface area contributed by atoms with Crippen molar-refractivity contribution in [1.29, 1.82) is 0 Å². The Balaban J connectivity index is 2.92. The average Bonchev–Trinajstić information content (AvgIpc) is 2.80. The Morgan fingerprint density at radius 2 is 2.05 bits per heavy atom. The Labute approximate surface area is 120 Å². The van der Waals surface area contributed by atoms with Gasteiger partial charge in [0.1, 0.15) is 0 Å². The zero-order valence-corrected chi connectivity index (χ0v) is 13.3. The Morgan fingerprint density at radius 1 is 1.40 bits per heavy atom. The smallest absolute Gasteiger partial charge is 0.242 e. The zero-order valence-electron chi connectivity index (χ0n) is 12.5. The highest BCUT2D eigenvalue weighted by atomic mass is 32.2. The molecule has 116 valence electrons. The van der Waals surface area contributed by atoms with Crippen LogP contribution in [0.4, 0.5) is 0 Å². The summed E-state index contributed by atoms with van der Waals surface area (Å²) < 4.78 is 33.8. The maximum absolute atomic E-state index is 12.3. The number of aromatic nitrogens is 1. The summed E-state index contributed by atoms with van der Waals surface area (Å²) in [5.74, 6) is 0. The third-order valence-corrected chi connectivity index (χ3v) is 4.60. The summed E-state index contributed by atoms with van der Waals surface area (Å²) in [4.78, 5) is 0.180. The van der Waals surface area contributed by atoms with E-state index in [1.54, 1.807) is 24.8 Å². The van der Waals surface area contributed by atoms with Gasteiger partial charge in [0.25, 0.3) is 0 Å². The second-order valence-corrected chi connectivity index (χ2v) is 6.84. The molecule has 1 rings (SSSR count). The first-order valence-corrected chi connectivity index (χ1v) is 8.13. The lowest BCUT2D eigenvalue weighted by Crippen LogP contribution is -2.33. The number of aliphatic hydroxyl groups excluding tert-OH is 1. The fraction of sp³-hybridized carbons (Fsp3) is 0.692. The summed E-state index contributed by atoms with van der Waals surface area (Å²) in [5.41, 5.74) is 0.588. The van der Waals surface area contributed by atoms with E-state index >= 15 is 0 Å². The van der Waals surface area contributed by atoms with Crippen LogP contribution in [0.25, 0.3) is 0 Å². The second-order valence-electron chi connectivity index (χ2n) is 5.13. The lowest BCUT2D eigenvalue weighted by molar-refractivity contribution is 0.188. The Bertz CT molecular complexity index is 522. The van der Waals surface area contributed by atoms with Gasteiger partial charge in [0.2, 0.25) is 10.0 Å². The van der Waals surface area contributed by atoms with Gasteiger partial charge in [-0.3, -0.25) is 0 Å². The van der Waals surface area contributed by atoms with Crippen LogP contribution in [0, 0.1) is 0 Å². The largest absolute Gasteiger partial charge is 0.390 e. The molecule has 1 aromatic heterocycles. The highest BCUT2D eigenvalue weighted by Gasteiger charge is 2.21. The standard InChI is InChI=1S/C13H24N2O4S/c1-10(2)15-8-13(7-12(15)9-16)20(17,18)14-11(3)5-6-19-4/h7-8,10-11,14,16H,5-6,9H2,1-4H3. The maximum atomic E-state index is 12.3. The molecule has 0 radical (unpaired) electrons. The van der Waals surface area contributed by atoms with Crippen LogP contribution in [-0.2, 0) is 21.4 Å². The second kappa shape index (κ2) is 7.21. The molecule has 0 bridgehead atoms. The third kappa shape index (κ3) is 4.31. The first-order valence-electron chi connectivity index (χ1n) is 6.64. The quantitative estimate of drug-likeness (QED) is 0.758. The number of ether oxygens (including phenoxy) is 1. The molecule has 1 unspecified atom stereocenters. The van der Waals surface area contributed by atoms with E-state index in [4.69, 9.17) is 4.74 Å². The molecule has 0 spiro atoms. The summed E-state index contributed by atoms with van der Waals surface area (Å²) in [6.45, 7) is 5.98. The van der Waals surface area contributed by atoms with Crippen molar-refractivity contribution in [3.8, 4) is 0 Å². The third-order valence-electron chi connectivity index (χ3n) is 3.05. The normalized spacial score (nSPS) is 13.9. The molecule has 0 aliphatic rings. The first kappa shape index (κ1) is 17.2. The Hall–Kier alpha value is -0.890. The van der Waals surface area contributed by atoms with Crippen molar-refractivity contribution < 1.29 is 18.3 Å². The minimum absolute atomic E-state index is 0.0898.